The second-order valence-electron chi connectivity index (χ2n) is 3.77. The molecule has 0 saturated carbocycles. The number of aliphatic imine (C=N–C) groups is 1. The number of hydrogen-bond donors (Lipinski definition) is 0. The molecule has 0 fully saturated rings. The first-order valence-electron chi connectivity index (χ1n) is 4.76. The van der Waals surface area contributed by atoms with Crippen LogP contribution in [0.25, 0.3) is 0 Å². The molecule has 1 aromatic rings. The van der Waals surface area contributed by atoms with Crippen molar-refractivity contribution in [1.82, 2.24) is 4.90 Å². The van der Waals surface area contributed by atoms with E-state index in [1.54, 1.807) is 6.34 Å². The largest absolute Gasteiger partial charge is 0.369 e. The third kappa shape index (κ3) is 2.81. The van der Waals surface area contributed by atoms with Crippen molar-refractivity contribution in [1.29, 1.82) is 5.26 Å². The van der Waals surface area contributed by atoms with Gasteiger partial charge < -0.3 is 4.90 Å². The van der Waals surface area contributed by atoms with Crippen LogP contribution in [0.2, 0.25) is 0 Å². The number of nitrogens with zero attached hydrogens (tertiary/aromatic N) is 3. The molecular formula is C12H15N3. The molecule has 0 saturated heterocycles. The molecule has 1 aromatic carbocycles. The van der Waals surface area contributed by atoms with Crippen molar-refractivity contribution < 1.29 is 0 Å². The van der Waals surface area contributed by atoms with Crippen molar-refractivity contribution in [2.24, 2.45) is 4.99 Å². The Labute approximate surface area is 90.7 Å². The van der Waals surface area contributed by atoms with Crippen LogP contribution in [0, 0.1) is 25.2 Å². The van der Waals surface area contributed by atoms with Gasteiger partial charge in [0.15, 0.2) is 0 Å². The SMILES string of the molecule is Cc1cc(C#N)c(/N=C\N(C)C)cc1C. The van der Waals surface area contributed by atoms with E-state index >= 15 is 0 Å². The molecule has 0 bridgehead atoms. The topological polar surface area (TPSA) is 39.4 Å². The Hall–Kier alpha value is -1.82. The van der Waals surface area contributed by atoms with E-state index in [0.29, 0.717) is 5.56 Å². The van der Waals surface area contributed by atoms with Crippen molar-refractivity contribution in [3.8, 4) is 6.07 Å². The lowest BCUT2D eigenvalue weighted by Gasteiger charge is -2.06. The van der Waals surface area contributed by atoms with Crippen LogP contribution >= 0.6 is 0 Å². The number of aryl methyl sites for hydroxylation is 2. The number of benzene rings is 1. The second-order valence-corrected chi connectivity index (χ2v) is 3.77. The van der Waals surface area contributed by atoms with Gasteiger partial charge in [-0.05, 0) is 37.1 Å². The van der Waals surface area contributed by atoms with Crippen LogP contribution in [-0.2, 0) is 0 Å². The molecule has 0 spiro atoms. The number of rotatable bonds is 2. The normalized spacial score (nSPS) is 10.3. The molecule has 0 amide bonds. The number of hydrogen-bond acceptors (Lipinski definition) is 2. The van der Waals surface area contributed by atoms with Crippen molar-refractivity contribution >= 4 is 12.0 Å². The van der Waals surface area contributed by atoms with Crippen LogP contribution in [-0.4, -0.2) is 25.3 Å². The molecule has 1 rings (SSSR count). The van der Waals surface area contributed by atoms with E-state index in [2.05, 4.69) is 11.1 Å². The molecule has 0 aliphatic heterocycles. The highest BCUT2D eigenvalue weighted by Crippen LogP contribution is 2.22. The van der Waals surface area contributed by atoms with E-state index in [9.17, 15) is 0 Å². The van der Waals surface area contributed by atoms with Gasteiger partial charge in [-0.15, -0.1) is 0 Å². The summed E-state index contributed by atoms with van der Waals surface area (Å²) in [6.45, 7) is 4.01. The van der Waals surface area contributed by atoms with E-state index in [0.717, 1.165) is 16.8 Å². The predicted octanol–water partition coefficient (Wildman–Crippen LogP) is 2.40. The average molecular weight is 201 g/mol. The summed E-state index contributed by atoms with van der Waals surface area (Å²) in [6, 6.07) is 5.97. The molecular weight excluding hydrogens is 186 g/mol. The van der Waals surface area contributed by atoms with E-state index in [4.69, 9.17) is 5.26 Å². The van der Waals surface area contributed by atoms with E-state index in [1.807, 2.05) is 45.0 Å². The lowest BCUT2D eigenvalue weighted by molar-refractivity contribution is 0.643. The molecule has 0 radical (unpaired) electrons. The maximum atomic E-state index is 8.96. The van der Waals surface area contributed by atoms with Gasteiger partial charge in [0.25, 0.3) is 0 Å². The fourth-order valence-corrected chi connectivity index (χ4v) is 1.17. The Bertz CT molecular complexity index is 425. The van der Waals surface area contributed by atoms with E-state index < -0.39 is 0 Å². The summed E-state index contributed by atoms with van der Waals surface area (Å²) in [7, 11) is 3.80. The fraction of sp³-hybridized carbons (Fsp3) is 0.333. The van der Waals surface area contributed by atoms with Crippen molar-refractivity contribution in [3.63, 3.8) is 0 Å². The monoisotopic (exact) mass is 201 g/mol. The minimum Gasteiger partial charge on any atom is -0.369 e. The third-order valence-electron chi connectivity index (χ3n) is 2.16. The lowest BCUT2D eigenvalue weighted by atomic mass is 10.1. The Balaban J connectivity index is 3.18. The molecule has 3 heteroatoms. The average Bonchev–Trinajstić information content (AvgIpc) is 2.19. The van der Waals surface area contributed by atoms with Gasteiger partial charge in [0.1, 0.15) is 6.07 Å². The van der Waals surface area contributed by atoms with Crippen LogP contribution in [0.5, 0.6) is 0 Å². The Morgan fingerprint density at radius 3 is 2.40 bits per heavy atom. The highest BCUT2D eigenvalue weighted by molar-refractivity contribution is 5.66. The molecule has 78 valence electrons. The van der Waals surface area contributed by atoms with Gasteiger partial charge in [-0.2, -0.15) is 5.26 Å². The molecule has 0 aliphatic rings. The molecule has 0 atom stereocenters. The minimum atomic E-state index is 0.621. The smallest absolute Gasteiger partial charge is 0.101 e. The van der Waals surface area contributed by atoms with Gasteiger partial charge in [0, 0.05) is 14.1 Å². The Morgan fingerprint density at radius 1 is 1.27 bits per heavy atom. The zero-order chi connectivity index (χ0) is 11.4. The van der Waals surface area contributed by atoms with Crippen molar-refractivity contribution in [2.75, 3.05) is 14.1 Å². The summed E-state index contributed by atoms with van der Waals surface area (Å²) in [6.07, 6.45) is 1.70. The molecule has 0 heterocycles. The van der Waals surface area contributed by atoms with Gasteiger partial charge in [0.05, 0.1) is 17.6 Å². The minimum absolute atomic E-state index is 0.621. The van der Waals surface area contributed by atoms with Gasteiger partial charge in [-0.25, -0.2) is 4.99 Å². The zero-order valence-corrected chi connectivity index (χ0v) is 9.57. The highest BCUT2D eigenvalue weighted by Gasteiger charge is 2.03. The van der Waals surface area contributed by atoms with Crippen molar-refractivity contribution in [2.45, 2.75) is 13.8 Å². The first kappa shape index (κ1) is 11.3. The van der Waals surface area contributed by atoms with Gasteiger partial charge >= 0.3 is 0 Å². The Morgan fingerprint density at radius 2 is 1.87 bits per heavy atom. The third-order valence-corrected chi connectivity index (χ3v) is 2.16. The van der Waals surface area contributed by atoms with Crippen LogP contribution in [0.1, 0.15) is 16.7 Å². The van der Waals surface area contributed by atoms with Crippen LogP contribution in [0.4, 0.5) is 5.69 Å². The van der Waals surface area contributed by atoms with Gasteiger partial charge in [0.2, 0.25) is 0 Å². The van der Waals surface area contributed by atoms with Crippen LogP contribution < -0.4 is 0 Å². The summed E-state index contributed by atoms with van der Waals surface area (Å²) in [5, 5.41) is 8.96. The lowest BCUT2D eigenvalue weighted by Crippen LogP contribution is -2.07. The molecule has 15 heavy (non-hydrogen) atoms. The molecule has 0 aliphatic carbocycles. The van der Waals surface area contributed by atoms with Gasteiger partial charge in [-0.3, -0.25) is 0 Å². The fourth-order valence-electron chi connectivity index (χ4n) is 1.17. The summed E-state index contributed by atoms with van der Waals surface area (Å²) in [5.74, 6) is 0. The predicted molar refractivity (Wildman–Crippen MR) is 62.5 cm³/mol. The standard InChI is InChI=1S/C12H15N3/c1-9-5-11(7-13)12(6-10(9)2)14-8-15(3)4/h5-6,8H,1-4H3/b14-8-. The van der Waals surface area contributed by atoms with Crippen LogP contribution in [0.15, 0.2) is 17.1 Å². The summed E-state index contributed by atoms with van der Waals surface area (Å²) >= 11 is 0. The maximum Gasteiger partial charge on any atom is 0.101 e. The van der Waals surface area contributed by atoms with Crippen molar-refractivity contribution in [3.05, 3.63) is 28.8 Å². The molecule has 0 unspecified atom stereocenters. The Kier molecular flexibility index (Phi) is 3.46. The summed E-state index contributed by atoms with van der Waals surface area (Å²) in [5.41, 5.74) is 3.63. The van der Waals surface area contributed by atoms with Crippen LogP contribution in [0.3, 0.4) is 0 Å². The van der Waals surface area contributed by atoms with E-state index in [-0.39, 0.29) is 0 Å². The first-order chi connectivity index (χ1) is 7.04. The summed E-state index contributed by atoms with van der Waals surface area (Å²) < 4.78 is 0. The maximum absolute atomic E-state index is 8.96. The van der Waals surface area contributed by atoms with E-state index in [1.165, 1.54) is 0 Å². The molecule has 0 N–H and O–H groups in total. The van der Waals surface area contributed by atoms with Gasteiger partial charge in [-0.1, -0.05) is 0 Å². The number of nitriles is 1. The zero-order valence-electron chi connectivity index (χ0n) is 9.57. The molecule has 3 nitrogen and oxygen atoms in total. The first-order valence-corrected chi connectivity index (χ1v) is 4.76. The highest BCUT2D eigenvalue weighted by atomic mass is 15.1. The summed E-state index contributed by atoms with van der Waals surface area (Å²) in [4.78, 5) is 6.10. The second kappa shape index (κ2) is 4.61. The quantitative estimate of drug-likeness (QED) is 0.544. The molecule has 0 aromatic heterocycles.